The molecular weight excluding hydrogens is 144 g/mol. The van der Waals surface area contributed by atoms with Gasteiger partial charge in [0.05, 0.1) is 5.75 Å². The Kier molecular flexibility index (Phi) is 3.26. The van der Waals surface area contributed by atoms with E-state index in [9.17, 15) is 4.79 Å². The van der Waals surface area contributed by atoms with Gasteiger partial charge in [-0.2, -0.15) is 11.8 Å². The highest BCUT2D eigenvalue weighted by atomic mass is 32.2. The molecule has 0 aliphatic heterocycles. The fourth-order valence-corrected chi connectivity index (χ4v) is 1.47. The Labute approximate surface area is 66.6 Å². The Morgan fingerprint density at radius 2 is 2.30 bits per heavy atom. The van der Waals surface area contributed by atoms with E-state index < -0.39 is 0 Å². The van der Waals surface area contributed by atoms with Crippen molar-refractivity contribution in [3.05, 3.63) is 0 Å². The first kappa shape index (κ1) is 8.12. The number of rotatable bonds is 5. The van der Waals surface area contributed by atoms with Gasteiger partial charge in [-0.05, 0) is 24.5 Å². The fourth-order valence-electron chi connectivity index (χ4n) is 0.919. The van der Waals surface area contributed by atoms with Crippen LogP contribution in [0.15, 0.2) is 0 Å². The molecule has 0 aromatic rings. The average molecular weight is 158 g/mol. The largest absolute Gasteiger partial charge is 0.299 e. The van der Waals surface area contributed by atoms with Crippen molar-refractivity contribution in [1.29, 1.82) is 0 Å². The monoisotopic (exact) mass is 158 g/mol. The Hall–Kier alpha value is 0.0200. The molecule has 1 aliphatic rings. The van der Waals surface area contributed by atoms with Gasteiger partial charge < -0.3 is 0 Å². The van der Waals surface area contributed by atoms with E-state index in [1.54, 1.807) is 11.8 Å². The van der Waals surface area contributed by atoms with Crippen LogP contribution >= 0.6 is 11.8 Å². The Morgan fingerprint density at radius 1 is 1.60 bits per heavy atom. The van der Waals surface area contributed by atoms with E-state index in [1.807, 2.05) is 0 Å². The van der Waals surface area contributed by atoms with E-state index in [0.717, 1.165) is 23.8 Å². The number of hydrogen-bond acceptors (Lipinski definition) is 2. The normalized spacial score (nSPS) is 17.3. The SMILES string of the molecule is CCSCC(=O)CC1CC1. The molecule has 1 aliphatic carbocycles. The number of hydrogen-bond donors (Lipinski definition) is 0. The molecule has 1 fully saturated rings. The highest BCUT2D eigenvalue weighted by molar-refractivity contribution is 7.99. The maximum absolute atomic E-state index is 11.0. The van der Waals surface area contributed by atoms with Gasteiger partial charge in [-0.15, -0.1) is 0 Å². The maximum atomic E-state index is 11.0. The van der Waals surface area contributed by atoms with Crippen molar-refractivity contribution >= 4 is 17.5 Å². The van der Waals surface area contributed by atoms with Crippen LogP contribution in [0.25, 0.3) is 0 Å². The molecule has 0 radical (unpaired) electrons. The topological polar surface area (TPSA) is 17.1 Å². The third kappa shape index (κ3) is 3.25. The molecule has 0 heterocycles. The van der Waals surface area contributed by atoms with Crippen molar-refractivity contribution in [2.24, 2.45) is 5.92 Å². The van der Waals surface area contributed by atoms with Gasteiger partial charge in [0.25, 0.3) is 0 Å². The summed E-state index contributed by atoms with van der Waals surface area (Å²) in [6.07, 6.45) is 3.44. The Balaban J connectivity index is 1.97. The lowest BCUT2D eigenvalue weighted by Gasteiger charge is -1.95. The van der Waals surface area contributed by atoms with E-state index in [0.29, 0.717) is 5.78 Å². The lowest BCUT2D eigenvalue weighted by Crippen LogP contribution is -2.01. The van der Waals surface area contributed by atoms with Crippen molar-refractivity contribution in [2.75, 3.05) is 11.5 Å². The van der Waals surface area contributed by atoms with Gasteiger partial charge in [0.2, 0.25) is 0 Å². The molecule has 1 saturated carbocycles. The van der Waals surface area contributed by atoms with E-state index in [2.05, 4.69) is 6.92 Å². The van der Waals surface area contributed by atoms with Crippen LogP contribution in [-0.4, -0.2) is 17.3 Å². The number of carbonyl (C=O) groups excluding carboxylic acids is 1. The van der Waals surface area contributed by atoms with Gasteiger partial charge in [0, 0.05) is 6.42 Å². The molecule has 0 spiro atoms. The third-order valence-corrected chi connectivity index (χ3v) is 2.61. The second-order valence-corrected chi connectivity index (χ2v) is 4.10. The van der Waals surface area contributed by atoms with Crippen LogP contribution in [0.2, 0.25) is 0 Å². The second kappa shape index (κ2) is 4.02. The van der Waals surface area contributed by atoms with Gasteiger partial charge in [0.15, 0.2) is 0 Å². The molecule has 58 valence electrons. The zero-order valence-electron chi connectivity index (χ0n) is 6.43. The minimum atomic E-state index is 0.453. The quantitative estimate of drug-likeness (QED) is 0.609. The van der Waals surface area contributed by atoms with Crippen LogP contribution in [0.3, 0.4) is 0 Å². The Morgan fingerprint density at radius 3 is 2.80 bits per heavy atom. The number of ketones is 1. The average Bonchev–Trinajstić information content (AvgIpc) is 2.67. The van der Waals surface area contributed by atoms with Crippen LogP contribution in [0.1, 0.15) is 26.2 Å². The smallest absolute Gasteiger partial charge is 0.143 e. The van der Waals surface area contributed by atoms with E-state index in [-0.39, 0.29) is 0 Å². The van der Waals surface area contributed by atoms with Crippen molar-refractivity contribution in [2.45, 2.75) is 26.2 Å². The van der Waals surface area contributed by atoms with E-state index in [1.165, 1.54) is 12.8 Å². The lowest BCUT2D eigenvalue weighted by molar-refractivity contribution is -0.116. The summed E-state index contributed by atoms with van der Waals surface area (Å²) in [4.78, 5) is 11.0. The van der Waals surface area contributed by atoms with Crippen molar-refractivity contribution in [3.63, 3.8) is 0 Å². The van der Waals surface area contributed by atoms with Crippen LogP contribution in [0, 0.1) is 5.92 Å². The highest BCUT2D eigenvalue weighted by Crippen LogP contribution is 2.32. The zero-order chi connectivity index (χ0) is 7.40. The van der Waals surface area contributed by atoms with Crippen LogP contribution in [0.4, 0.5) is 0 Å². The molecule has 0 aromatic carbocycles. The number of thioether (sulfide) groups is 1. The maximum Gasteiger partial charge on any atom is 0.143 e. The summed E-state index contributed by atoms with van der Waals surface area (Å²) in [5.41, 5.74) is 0. The summed E-state index contributed by atoms with van der Waals surface area (Å²) in [7, 11) is 0. The number of carbonyl (C=O) groups is 1. The minimum absolute atomic E-state index is 0.453. The van der Waals surface area contributed by atoms with E-state index >= 15 is 0 Å². The van der Waals surface area contributed by atoms with Gasteiger partial charge in [-0.3, -0.25) is 4.79 Å². The summed E-state index contributed by atoms with van der Waals surface area (Å²) in [5.74, 6) is 3.03. The van der Waals surface area contributed by atoms with Gasteiger partial charge >= 0.3 is 0 Å². The van der Waals surface area contributed by atoms with Crippen LogP contribution < -0.4 is 0 Å². The minimum Gasteiger partial charge on any atom is -0.299 e. The van der Waals surface area contributed by atoms with Gasteiger partial charge in [-0.25, -0.2) is 0 Å². The number of Topliss-reactive ketones (excluding diaryl/α,β-unsaturated/α-hetero) is 1. The molecule has 2 heteroatoms. The summed E-state index contributed by atoms with van der Waals surface area (Å²) >= 11 is 1.74. The molecule has 1 rings (SSSR count). The second-order valence-electron chi connectivity index (χ2n) is 2.82. The summed E-state index contributed by atoms with van der Waals surface area (Å²) in [5, 5.41) is 0. The Bertz CT molecular complexity index is 118. The molecule has 10 heavy (non-hydrogen) atoms. The molecule has 0 aromatic heterocycles. The summed E-state index contributed by atoms with van der Waals surface area (Å²) < 4.78 is 0. The predicted octanol–water partition coefficient (Wildman–Crippen LogP) is 2.11. The molecular formula is C8H14OS. The van der Waals surface area contributed by atoms with Gasteiger partial charge in [-0.1, -0.05) is 6.92 Å². The molecule has 1 nitrogen and oxygen atoms in total. The molecule has 0 amide bonds. The first-order valence-corrected chi connectivity index (χ1v) is 5.08. The highest BCUT2D eigenvalue weighted by Gasteiger charge is 2.23. The summed E-state index contributed by atoms with van der Waals surface area (Å²) in [6, 6.07) is 0. The van der Waals surface area contributed by atoms with Gasteiger partial charge in [0.1, 0.15) is 5.78 Å². The van der Waals surface area contributed by atoms with Crippen LogP contribution in [0.5, 0.6) is 0 Å². The third-order valence-electron chi connectivity index (χ3n) is 1.68. The predicted molar refractivity (Wildman–Crippen MR) is 45.3 cm³/mol. The first-order chi connectivity index (χ1) is 4.83. The molecule has 0 bridgehead atoms. The van der Waals surface area contributed by atoms with Crippen molar-refractivity contribution in [1.82, 2.24) is 0 Å². The summed E-state index contributed by atoms with van der Waals surface area (Å²) in [6.45, 7) is 2.09. The molecule has 0 N–H and O–H groups in total. The molecule has 0 saturated heterocycles. The van der Waals surface area contributed by atoms with Crippen molar-refractivity contribution < 1.29 is 4.79 Å². The van der Waals surface area contributed by atoms with E-state index in [4.69, 9.17) is 0 Å². The molecule has 0 atom stereocenters. The van der Waals surface area contributed by atoms with Crippen LogP contribution in [-0.2, 0) is 4.79 Å². The van der Waals surface area contributed by atoms with Crippen molar-refractivity contribution in [3.8, 4) is 0 Å². The molecule has 0 unspecified atom stereocenters. The zero-order valence-corrected chi connectivity index (χ0v) is 7.25. The standard InChI is InChI=1S/C8H14OS/c1-2-10-6-8(9)5-7-3-4-7/h7H,2-6H2,1H3. The lowest BCUT2D eigenvalue weighted by atomic mass is 10.2. The fraction of sp³-hybridized carbons (Fsp3) is 0.875. The first-order valence-electron chi connectivity index (χ1n) is 3.92.